The van der Waals surface area contributed by atoms with Crippen molar-refractivity contribution in [3.63, 3.8) is 0 Å². The lowest BCUT2D eigenvalue weighted by molar-refractivity contribution is -0.132. The van der Waals surface area contributed by atoms with Gasteiger partial charge in [-0.25, -0.2) is 0 Å². The van der Waals surface area contributed by atoms with Gasteiger partial charge < -0.3 is 31.9 Å². The Balaban J connectivity index is 1.73. The fraction of sp³-hybridized carbons (Fsp3) is 0.296. The van der Waals surface area contributed by atoms with Gasteiger partial charge in [-0.3, -0.25) is 14.4 Å². The van der Waals surface area contributed by atoms with Crippen LogP contribution in [0.5, 0.6) is 5.75 Å². The number of nitrogens with one attached hydrogen (secondary N) is 3. The molecule has 3 atom stereocenters. The van der Waals surface area contributed by atoms with Gasteiger partial charge in [0.15, 0.2) is 0 Å². The molecule has 0 saturated heterocycles. The fourth-order valence-electron chi connectivity index (χ4n) is 3.61. The van der Waals surface area contributed by atoms with Crippen LogP contribution in [-0.2, 0) is 20.8 Å². The second-order valence-electron chi connectivity index (χ2n) is 9.00. The van der Waals surface area contributed by atoms with E-state index in [2.05, 4.69) is 16.0 Å². The topological polar surface area (TPSA) is 154 Å². The quantitative estimate of drug-likeness (QED) is 0.253. The smallest absolute Gasteiger partial charge is 0.249 e. The first kappa shape index (κ1) is 26.7. The molecular weight excluding hydrogens is 460 g/mol. The van der Waals surface area contributed by atoms with Gasteiger partial charge in [-0.15, -0.1) is 0 Å². The maximum absolute atomic E-state index is 13.1. The minimum absolute atomic E-state index is 0.0660. The Kier molecular flexibility index (Phi) is 8.99. The molecule has 0 aliphatic rings. The summed E-state index contributed by atoms with van der Waals surface area (Å²) in [6, 6.07) is 16.1. The standard InChI is InChI=1S/C27H32N4O5/c1-16(2)24(28)27(36)30-22(13-17-7-11-21(33)12-8-17)25(34)31-23(15-32)26(35)29-20-10-9-18-5-3-4-6-19(18)14-20/h3-12,14,16,22-24,32-33H,13,15,28H2,1-2H3,(H,29,35)(H,30,36)(H,31,34)/t22-,23-,24-/m0/s1. The van der Waals surface area contributed by atoms with E-state index in [9.17, 15) is 24.6 Å². The highest BCUT2D eigenvalue weighted by Gasteiger charge is 2.29. The number of aliphatic hydroxyl groups excluding tert-OH is 1. The third-order valence-electron chi connectivity index (χ3n) is 5.86. The molecular formula is C27H32N4O5. The molecule has 3 rings (SSSR count). The molecule has 7 N–H and O–H groups in total. The molecule has 9 nitrogen and oxygen atoms in total. The van der Waals surface area contributed by atoms with Crippen LogP contribution in [0.3, 0.4) is 0 Å². The molecule has 0 heterocycles. The summed E-state index contributed by atoms with van der Waals surface area (Å²) in [4.78, 5) is 38.6. The number of phenols is 1. The predicted molar refractivity (Wildman–Crippen MR) is 138 cm³/mol. The van der Waals surface area contributed by atoms with Crippen LogP contribution in [0.4, 0.5) is 5.69 Å². The fourth-order valence-corrected chi connectivity index (χ4v) is 3.61. The highest BCUT2D eigenvalue weighted by Crippen LogP contribution is 2.19. The average Bonchev–Trinajstić information content (AvgIpc) is 2.87. The highest BCUT2D eigenvalue weighted by atomic mass is 16.3. The van der Waals surface area contributed by atoms with E-state index in [1.54, 1.807) is 38.1 Å². The van der Waals surface area contributed by atoms with Crippen molar-refractivity contribution < 1.29 is 24.6 Å². The zero-order valence-corrected chi connectivity index (χ0v) is 20.3. The van der Waals surface area contributed by atoms with Gasteiger partial charge in [-0.2, -0.15) is 0 Å². The molecule has 0 saturated carbocycles. The van der Waals surface area contributed by atoms with Crippen LogP contribution in [0.15, 0.2) is 66.7 Å². The number of carbonyl (C=O) groups excluding carboxylic acids is 3. The van der Waals surface area contributed by atoms with Crippen molar-refractivity contribution in [2.24, 2.45) is 11.7 Å². The molecule has 0 unspecified atom stereocenters. The van der Waals surface area contributed by atoms with Crippen molar-refractivity contribution >= 4 is 34.2 Å². The third-order valence-corrected chi connectivity index (χ3v) is 5.86. The number of fused-ring (bicyclic) bond motifs is 1. The van der Waals surface area contributed by atoms with Crippen LogP contribution in [-0.4, -0.2) is 52.7 Å². The van der Waals surface area contributed by atoms with Crippen molar-refractivity contribution in [1.29, 1.82) is 0 Å². The lowest BCUT2D eigenvalue weighted by atomic mass is 10.0. The van der Waals surface area contributed by atoms with Crippen molar-refractivity contribution in [1.82, 2.24) is 10.6 Å². The minimum Gasteiger partial charge on any atom is -0.508 e. The van der Waals surface area contributed by atoms with Crippen molar-refractivity contribution in [3.05, 3.63) is 72.3 Å². The molecule has 3 aromatic rings. The molecule has 0 aromatic heterocycles. The van der Waals surface area contributed by atoms with Crippen LogP contribution >= 0.6 is 0 Å². The largest absolute Gasteiger partial charge is 0.508 e. The van der Waals surface area contributed by atoms with Crippen LogP contribution in [0, 0.1) is 5.92 Å². The number of aromatic hydroxyl groups is 1. The molecule has 9 heteroatoms. The number of carbonyl (C=O) groups is 3. The zero-order chi connectivity index (χ0) is 26.2. The lowest BCUT2D eigenvalue weighted by Crippen LogP contribution is -2.57. The van der Waals surface area contributed by atoms with Gasteiger partial charge in [0, 0.05) is 12.1 Å². The van der Waals surface area contributed by atoms with Crippen LogP contribution in [0.2, 0.25) is 0 Å². The monoisotopic (exact) mass is 492 g/mol. The molecule has 0 aliphatic heterocycles. The van der Waals surface area contributed by atoms with Gasteiger partial charge in [-0.1, -0.05) is 56.3 Å². The summed E-state index contributed by atoms with van der Waals surface area (Å²) < 4.78 is 0. The molecule has 0 fully saturated rings. The van der Waals surface area contributed by atoms with E-state index in [0.717, 1.165) is 10.8 Å². The number of benzene rings is 3. The SMILES string of the molecule is CC(C)[C@H](N)C(=O)N[C@@H](Cc1ccc(O)cc1)C(=O)N[C@@H](CO)C(=O)Nc1ccc2ccccc2c1. The first-order valence-electron chi connectivity index (χ1n) is 11.7. The normalized spacial score (nSPS) is 13.6. The third kappa shape index (κ3) is 7.03. The Labute approximate surface area is 209 Å². The number of hydrogen-bond acceptors (Lipinski definition) is 6. The average molecular weight is 493 g/mol. The van der Waals surface area contributed by atoms with Crippen LogP contribution < -0.4 is 21.7 Å². The van der Waals surface area contributed by atoms with Gasteiger partial charge in [0.25, 0.3) is 0 Å². The Morgan fingerprint density at radius 3 is 2.11 bits per heavy atom. The van der Waals surface area contributed by atoms with E-state index in [-0.39, 0.29) is 18.1 Å². The van der Waals surface area contributed by atoms with E-state index in [1.165, 1.54) is 12.1 Å². The lowest BCUT2D eigenvalue weighted by Gasteiger charge is -2.24. The maximum Gasteiger partial charge on any atom is 0.249 e. The van der Waals surface area contributed by atoms with Gasteiger partial charge in [0.2, 0.25) is 17.7 Å². The Morgan fingerprint density at radius 2 is 1.47 bits per heavy atom. The highest BCUT2D eigenvalue weighted by molar-refractivity contribution is 6.00. The van der Waals surface area contributed by atoms with Gasteiger partial charge in [-0.05, 0) is 46.5 Å². The summed E-state index contributed by atoms with van der Waals surface area (Å²) >= 11 is 0. The summed E-state index contributed by atoms with van der Waals surface area (Å²) in [7, 11) is 0. The van der Waals surface area contributed by atoms with Crippen molar-refractivity contribution in [3.8, 4) is 5.75 Å². The van der Waals surface area contributed by atoms with E-state index >= 15 is 0 Å². The second-order valence-corrected chi connectivity index (χ2v) is 9.00. The number of nitrogens with two attached hydrogens (primary N) is 1. The maximum atomic E-state index is 13.1. The van der Waals surface area contributed by atoms with E-state index < -0.39 is 42.5 Å². The molecule has 3 aromatic carbocycles. The summed E-state index contributed by atoms with van der Waals surface area (Å²) in [6.45, 7) is 2.94. The molecule has 0 bridgehead atoms. The zero-order valence-electron chi connectivity index (χ0n) is 20.3. The number of aliphatic hydroxyl groups is 1. The molecule has 36 heavy (non-hydrogen) atoms. The Morgan fingerprint density at radius 1 is 0.833 bits per heavy atom. The van der Waals surface area contributed by atoms with E-state index in [4.69, 9.17) is 5.73 Å². The minimum atomic E-state index is -1.25. The number of hydrogen-bond donors (Lipinski definition) is 6. The molecule has 190 valence electrons. The van der Waals surface area contributed by atoms with Gasteiger partial charge in [0.1, 0.15) is 17.8 Å². The number of phenolic OH excluding ortho intramolecular Hbond substituents is 1. The Bertz CT molecular complexity index is 1210. The van der Waals surface area contributed by atoms with Gasteiger partial charge in [0.05, 0.1) is 12.6 Å². The first-order valence-corrected chi connectivity index (χ1v) is 11.7. The summed E-state index contributed by atoms with van der Waals surface area (Å²) in [6.07, 6.45) is 0.0904. The number of rotatable bonds is 10. The van der Waals surface area contributed by atoms with Gasteiger partial charge >= 0.3 is 0 Å². The predicted octanol–water partition coefficient (Wildman–Crippen LogP) is 1.67. The summed E-state index contributed by atoms with van der Waals surface area (Å²) in [5.74, 6) is -1.85. The number of amides is 3. The van der Waals surface area contributed by atoms with E-state index in [0.29, 0.717) is 11.3 Å². The summed E-state index contributed by atoms with van der Waals surface area (Å²) in [5.41, 5.74) is 7.13. The molecule has 3 amide bonds. The van der Waals surface area contributed by atoms with Crippen LogP contribution in [0.25, 0.3) is 10.8 Å². The molecule has 0 spiro atoms. The van der Waals surface area contributed by atoms with Crippen molar-refractivity contribution in [2.75, 3.05) is 11.9 Å². The van der Waals surface area contributed by atoms with Crippen LogP contribution in [0.1, 0.15) is 19.4 Å². The second kappa shape index (κ2) is 12.1. The summed E-state index contributed by atoms with van der Waals surface area (Å²) in [5, 5.41) is 29.2. The van der Waals surface area contributed by atoms with Crippen molar-refractivity contribution in [2.45, 2.75) is 38.4 Å². The number of anilines is 1. The first-order chi connectivity index (χ1) is 17.2. The Hall–Kier alpha value is -3.95. The van der Waals surface area contributed by atoms with E-state index in [1.807, 2.05) is 30.3 Å². The molecule has 0 aliphatic carbocycles. The molecule has 0 radical (unpaired) electrons.